The molecule has 43 heavy (non-hydrogen) atoms. The molecule has 13 heteroatoms. The fourth-order valence-electron chi connectivity index (χ4n) is 5.17. The number of rotatable bonds is 6. The molecule has 2 saturated heterocycles. The second-order valence-corrected chi connectivity index (χ2v) is 16.1. The van der Waals surface area contributed by atoms with Crippen molar-refractivity contribution in [1.29, 1.82) is 0 Å². The van der Waals surface area contributed by atoms with Crippen molar-refractivity contribution in [1.82, 2.24) is 5.32 Å². The van der Waals surface area contributed by atoms with Gasteiger partial charge in [0.05, 0.1) is 0 Å². The Morgan fingerprint density at radius 1 is 0.837 bits per heavy atom. The lowest BCUT2D eigenvalue weighted by Gasteiger charge is -2.36. The van der Waals surface area contributed by atoms with Crippen molar-refractivity contribution < 1.29 is 35.7 Å². The van der Waals surface area contributed by atoms with Crippen LogP contribution in [0.3, 0.4) is 0 Å². The highest BCUT2D eigenvalue weighted by atomic mass is 32.2. The molecule has 2 atom stereocenters. The summed E-state index contributed by atoms with van der Waals surface area (Å²) in [6, 6.07) is 7.28. The van der Waals surface area contributed by atoms with E-state index >= 15 is 0 Å². The maximum atomic E-state index is 13.6. The highest BCUT2D eigenvalue weighted by Gasteiger charge is 2.24. The van der Waals surface area contributed by atoms with Crippen molar-refractivity contribution in [2.45, 2.75) is 63.2 Å². The second-order valence-electron chi connectivity index (χ2n) is 12.2. The first kappa shape index (κ1) is 37.1. The number of benzene rings is 2. The van der Waals surface area contributed by atoms with Gasteiger partial charge >= 0.3 is 7.12 Å². The number of hydrogen-bond acceptors (Lipinski definition) is 8. The van der Waals surface area contributed by atoms with Crippen LogP contribution in [0.2, 0.25) is 0 Å². The third kappa shape index (κ3) is 11.8. The van der Waals surface area contributed by atoms with Crippen LogP contribution < -0.4 is 15.7 Å². The molecular weight excluding hydrogens is 597 g/mol. The van der Waals surface area contributed by atoms with Crippen molar-refractivity contribution in [3.8, 4) is 0 Å². The van der Waals surface area contributed by atoms with Gasteiger partial charge in [-0.2, -0.15) is 0 Å². The van der Waals surface area contributed by atoms with Gasteiger partial charge in [0.2, 0.25) is 0 Å². The highest BCUT2D eigenvalue weighted by Crippen LogP contribution is 2.29. The van der Waals surface area contributed by atoms with Gasteiger partial charge in [0.1, 0.15) is 21.4 Å². The molecule has 0 bridgehead atoms. The molecule has 2 aliphatic rings. The zero-order valence-corrected chi connectivity index (χ0v) is 27.7. The molecule has 0 saturated carbocycles. The average molecular weight is 645 g/mol. The molecular formula is C30H47BF2N2O6S2. The summed E-state index contributed by atoms with van der Waals surface area (Å²) in [4.78, 5) is 1.42. The molecule has 2 fully saturated rings. The summed E-state index contributed by atoms with van der Waals surface area (Å²) < 4.78 is 71.9. The Balaban J connectivity index is 0.000000244. The van der Waals surface area contributed by atoms with Gasteiger partial charge < -0.3 is 20.3 Å². The molecule has 242 valence electrons. The van der Waals surface area contributed by atoms with E-state index in [0.717, 1.165) is 67.7 Å². The topological polar surface area (TPSA) is 124 Å². The molecule has 2 aromatic carbocycles. The Morgan fingerprint density at radius 2 is 1.37 bits per heavy atom. The summed E-state index contributed by atoms with van der Waals surface area (Å²) in [7, 11) is -9.02. The van der Waals surface area contributed by atoms with Crippen LogP contribution in [0.1, 0.15) is 53.4 Å². The van der Waals surface area contributed by atoms with Gasteiger partial charge in [-0.1, -0.05) is 33.8 Å². The largest absolute Gasteiger partial charge is 0.488 e. The lowest BCUT2D eigenvalue weighted by Crippen LogP contribution is -2.37. The third-order valence-corrected chi connectivity index (χ3v) is 10.2. The van der Waals surface area contributed by atoms with Crippen LogP contribution in [-0.2, 0) is 19.7 Å². The van der Waals surface area contributed by atoms with Crippen molar-refractivity contribution in [3.05, 3.63) is 48.0 Å². The molecule has 2 aliphatic heterocycles. The van der Waals surface area contributed by atoms with E-state index in [1.807, 2.05) is 0 Å². The van der Waals surface area contributed by atoms with Crippen LogP contribution >= 0.6 is 0 Å². The van der Waals surface area contributed by atoms with Gasteiger partial charge in [-0.05, 0) is 98.2 Å². The smallest absolute Gasteiger partial charge is 0.423 e. The van der Waals surface area contributed by atoms with E-state index in [-0.39, 0.29) is 10.4 Å². The lowest BCUT2D eigenvalue weighted by atomic mass is 9.80. The van der Waals surface area contributed by atoms with Crippen LogP contribution in [-0.4, -0.2) is 72.7 Å². The van der Waals surface area contributed by atoms with Gasteiger partial charge in [-0.15, -0.1) is 0 Å². The fraction of sp³-hybridized carbons (Fsp3) is 0.600. The summed E-state index contributed by atoms with van der Waals surface area (Å²) in [5.41, 5.74) is 0.740. The first-order valence-corrected chi connectivity index (χ1v) is 18.5. The molecule has 0 unspecified atom stereocenters. The second kappa shape index (κ2) is 16.3. The molecule has 2 heterocycles. The maximum absolute atomic E-state index is 13.6. The first-order chi connectivity index (χ1) is 19.9. The van der Waals surface area contributed by atoms with E-state index in [9.17, 15) is 25.6 Å². The zero-order valence-electron chi connectivity index (χ0n) is 26.1. The van der Waals surface area contributed by atoms with Crippen molar-refractivity contribution in [2.24, 2.45) is 23.7 Å². The van der Waals surface area contributed by atoms with Gasteiger partial charge in [0.25, 0.3) is 0 Å². The predicted molar refractivity (Wildman–Crippen MR) is 169 cm³/mol. The summed E-state index contributed by atoms with van der Waals surface area (Å²) in [5, 5.41) is 20.9. The molecule has 0 radical (unpaired) electrons. The Morgan fingerprint density at radius 3 is 1.84 bits per heavy atom. The van der Waals surface area contributed by atoms with Crippen molar-refractivity contribution in [2.75, 3.05) is 43.6 Å². The van der Waals surface area contributed by atoms with Crippen LogP contribution in [0.25, 0.3) is 0 Å². The van der Waals surface area contributed by atoms with E-state index in [0.29, 0.717) is 11.8 Å². The van der Waals surface area contributed by atoms with E-state index < -0.39 is 43.3 Å². The van der Waals surface area contributed by atoms with Gasteiger partial charge in [-0.3, -0.25) is 0 Å². The molecule has 8 nitrogen and oxygen atoms in total. The number of piperidine rings is 2. The van der Waals surface area contributed by atoms with E-state index in [1.165, 1.54) is 44.5 Å². The van der Waals surface area contributed by atoms with Crippen molar-refractivity contribution in [3.63, 3.8) is 0 Å². The first-order valence-electron chi connectivity index (χ1n) is 14.7. The highest BCUT2D eigenvalue weighted by molar-refractivity contribution is 7.91. The SMILES string of the molecule is CC(C)[C@H]1CCCN(c2ccc(F)c(S(C)(=O)=O)c2)C1.CC(C)[C@H]1CCCNC1.CS(=O)(=O)c1cc(B(O)O)ccc1F. The summed E-state index contributed by atoms with van der Waals surface area (Å²) >= 11 is 0. The minimum atomic E-state index is -3.69. The fourth-order valence-corrected chi connectivity index (χ4v) is 6.70. The Labute approximate surface area is 256 Å². The standard InChI is InChI=1S/C15H22FNO2S.C8H17N.C7H8BFO4S/c1-11(2)12-5-4-8-17(10-12)13-6-7-14(16)15(9-13)20(3,18)19;1-7(2)8-4-3-5-9-6-8;1-14(12,13)7-4-5(8(10)11)2-3-6(7)9/h6-7,9,11-12H,4-5,8,10H2,1-3H3;7-9H,3-6H2,1-2H3;2-4,10-11H,1H3/t12-;8-;/m00./s1. The minimum Gasteiger partial charge on any atom is -0.423 e. The number of hydrogen-bond donors (Lipinski definition) is 3. The maximum Gasteiger partial charge on any atom is 0.488 e. The quantitative estimate of drug-likeness (QED) is 0.408. The van der Waals surface area contributed by atoms with Crippen LogP contribution in [0, 0.1) is 35.3 Å². The third-order valence-electron chi connectivity index (χ3n) is 8.01. The van der Waals surface area contributed by atoms with E-state index in [4.69, 9.17) is 10.0 Å². The average Bonchev–Trinajstić information content (AvgIpc) is 2.93. The number of sulfone groups is 2. The monoisotopic (exact) mass is 644 g/mol. The number of nitrogens with zero attached hydrogens (tertiary/aromatic N) is 1. The Kier molecular flexibility index (Phi) is 14.1. The Bertz CT molecular complexity index is 1400. The predicted octanol–water partition coefficient (Wildman–Crippen LogP) is 3.65. The zero-order chi connectivity index (χ0) is 32.5. The van der Waals surface area contributed by atoms with Crippen LogP contribution in [0.15, 0.2) is 46.2 Å². The summed E-state index contributed by atoms with van der Waals surface area (Å²) in [5.74, 6) is 1.45. The molecule has 0 spiro atoms. The molecule has 3 N–H and O–H groups in total. The number of anilines is 1. The van der Waals surface area contributed by atoms with Gasteiger partial charge in [-0.25, -0.2) is 25.6 Å². The molecule has 2 aromatic rings. The molecule has 4 rings (SSSR count). The van der Waals surface area contributed by atoms with Crippen LogP contribution in [0.5, 0.6) is 0 Å². The van der Waals surface area contributed by atoms with Gasteiger partial charge in [0, 0.05) is 31.3 Å². The van der Waals surface area contributed by atoms with E-state index in [1.54, 1.807) is 6.07 Å². The molecule has 0 aliphatic carbocycles. The normalized spacial score (nSPS) is 19.3. The number of halogens is 2. The van der Waals surface area contributed by atoms with Crippen LogP contribution in [0.4, 0.5) is 14.5 Å². The lowest BCUT2D eigenvalue weighted by molar-refractivity contribution is 0.296. The summed E-state index contributed by atoms with van der Waals surface area (Å²) in [6.45, 7) is 13.3. The van der Waals surface area contributed by atoms with E-state index in [2.05, 4.69) is 37.9 Å². The van der Waals surface area contributed by atoms with Crippen molar-refractivity contribution >= 4 is 37.9 Å². The molecule has 0 amide bonds. The van der Waals surface area contributed by atoms with Gasteiger partial charge in [0.15, 0.2) is 19.7 Å². The molecule has 0 aromatic heterocycles. The number of nitrogens with one attached hydrogen (secondary N) is 1. The summed E-state index contributed by atoms with van der Waals surface area (Å²) in [6.07, 6.45) is 7.00. The Hall–Kier alpha value is -2.06. The minimum absolute atomic E-state index is 0.0631.